The lowest BCUT2D eigenvalue weighted by atomic mass is 9.88. The third-order valence-electron chi connectivity index (χ3n) is 5.81. The van der Waals surface area contributed by atoms with E-state index in [4.69, 9.17) is 0 Å². The highest BCUT2D eigenvalue weighted by molar-refractivity contribution is 6.01. The van der Waals surface area contributed by atoms with Crippen LogP contribution < -0.4 is 10.3 Å². The molecule has 0 atom stereocenters. The van der Waals surface area contributed by atoms with Crippen LogP contribution in [-0.4, -0.2) is 29.3 Å². The van der Waals surface area contributed by atoms with Crippen molar-refractivity contribution < 1.29 is 9.90 Å². The number of nitrogens with one attached hydrogen (secondary N) is 1. The largest absolute Gasteiger partial charge is 0.507 e. The van der Waals surface area contributed by atoms with Gasteiger partial charge in [-0.05, 0) is 73.9 Å². The van der Waals surface area contributed by atoms with Gasteiger partial charge in [-0.2, -0.15) is 5.10 Å². The summed E-state index contributed by atoms with van der Waals surface area (Å²) in [6.07, 6.45) is 3.91. The Kier molecular flexibility index (Phi) is 5.27. The predicted molar refractivity (Wildman–Crippen MR) is 128 cm³/mol. The van der Waals surface area contributed by atoms with Gasteiger partial charge in [0.05, 0.1) is 17.3 Å². The molecule has 158 valence electrons. The fourth-order valence-corrected chi connectivity index (χ4v) is 4.39. The highest BCUT2D eigenvalue weighted by atomic mass is 16.3. The van der Waals surface area contributed by atoms with Crippen LogP contribution in [0.4, 0.5) is 5.69 Å². The number of rotatable bonds is 4. The van der Waals surface area contributed by atoms with E-state index in [2.05, 4.69) is 61.3 Å². The van der Waals surface area contributed by atoms with Gasteiger partial charge in [-0.25, -0.2) is 5.43 Å². The monoisotopic (exact) mass is 413 g/mol. The first-order chi connectivity index (χ1) is 14.8. The minimum absolute atomic E-state index is 0.0305. The van der Waals surface area contributed by atoms with Crippen molar-refractivity contribution in [2.24, 2.45) is 5.10 Å². The highest BCUT2D eigenvalue weighted by Crippen LogP contribution is 2.38. The van der Waals surface area contributed by atoms with E-state index in [0.717, 1.165) is 22.9 Å². The van der Waals surface area contributed by atoms with Crippen molar-refractivity contribution in [3.05, 3.63) is 77.4 Å². The summed E-state index contributed by atoms with van der Waals surface area (Å²) in [5, 5.41) is 16.1. The van der Waals surface area contributed by atoms with Crippen LogP contribution in [0, 0.1) is 0 Å². The molecular weight excluding hydrogens is 386 g/mol. The summed E-state index contributed by atoms with van der Waals surface area (Å²) in [6.45, 7) is 9.64. The molecule has 0 aromatic heterocycles. The van der Waals surface area contributed by atoms with E-state index in [9.17, 15) is 9.90 Å². The summed E-state index contributed by atoms with van der Waals surface area (Å²) in [6, 6.07) is 17.0. The first-order valence-electron chi connectivity index (χ1n) is 10.5. The molecule has 0 unspecified atom stereocenters. The standard InChI is InChI=1S/C26H27N3O2/c1-5-29-23-11-10-18(12-21(23)17(2)15-26(29,3)4)16-27-28-25(31)22-13-19-8-6-7-9-20(19)14-24(22)30/h6-16,30H,5H2,1-4H3,(H,28,31)/b27-16-. The Morgan fingerprint density at radius 2 is 1.84 bits per heavy atom. The maximum Gasteiger partial charge on any atom is 0.275 e. The molecule has 0 aliphatic carbocycles. The number of nitrogens with zero attached hydrogens (tertiary/aromatic N) is 2. The normalized spacial score (nSPS) is 15.1. The van der Waals surface area contributed by atoms with Crippen LogP contribution in [0.25, 0.3) is 16.3 Å². The Bertz CT molecular complexity index is 1220. The molecule has 1 heterocycles. The average molecular weight is 414 g/mol. The van der Waals surface area contributed by atoms with Crippen LogP contribution in [0.5, 0.6) is 5.75 Å². The Labute approximate surface area is 182 Å². The maximum absolute atomic E-state index is 12.5. The number of carbonyl (C=O) groups is 1. The van der Waals surface area contributed by atoms with Gasteiger partial charge in [0.1, 0.15) is 5.75 Å². The number of amides is 1. The molecule has 0 radical (unpaired) electrons. The van der Waals surface area contributed by atoms with Crippen molar-refractivity contribution >= 4 is 34.2 Å². The molecule has 0 fully saturated rings. The SMILES string of the molecule is CCN1c2ccc(/C=N\NC(=O)c3cc4ccccc4cc3O)cc2C(C)=CC1(C)C. The summed E-state index contributed by atoms with van der Waals surface area (Å²) >= 11 is 0. The third kappa shape index (κ3) is 3.91. The van der Waals surface area contributed by atoms with E-state index >= 15 is 0 Å². The average Bonchev–Trinajstić information content (AvgIpc) is 2.73. The quantitative estimate of drug-likeness (QED) is 0.449. The number of hydrazone groups is 1. The van der Waals surface area contributed by atoms with Gasteiger partial charge in [0.25, 0.3) is 5.91 Å². The summed E-state index contributed by atoms with van der Waals surface area (Å²) in [4.78, 5) is 14.9. The molecule has 5 nitrogen and oxygen atoms in total. The van der Waals surface area contributed by atoms with Crippen LogP contribution in [0.3, 0.4) is 0 Å². The zero-order valence-electron chi connectivity index (χ0n) is 18.3. The van der Waals surface area contributed by atoms with Crippen LogP contribution in [0.2, 0.25) is 0 Å². The zero-order valence-corrected chi connectivity index (χ0v) is 18.3. The summed E-state index contributed by atoms with van der Waals surface area (Å²) in [5.41, 5.74) is 7.18. The Hall–Kier alpha value is -3.60. The molecule has 1 aliphatic heterocycles. The number of fused-ring (bicyclic) bond motifs is 2. The summed E-state index contributed by atoms with van der Waals surface area (Å²) < 4.78 is 0. The number of hydrogen-bond donors (Lipinski definition) is 2. The first kappa shape index (κ1) is 20.7. The number of likely N-dealkylation sites (N-methyl/N-ethyl adjacent to an activating group) is 1. The fraction of sp³-hybridized carbons (Fsp3) is 0.231. The number of phenolic OH excluding ortho intramolecular Hbond substituents is 1. The summed E-state index contributed by atoms with van der Waals surface area (Å²) in [5.74, 6) is -0.518. The van der Waals surface area contributed by atoms with Crippen molar-refractivity contribution in [1.29, 1.82) is 0 Å². The van der Waals surface area contributed by atoms with Crippen LogP contribution in [0.1, 0.15) is 49.2 Å². The molecule has 31 heavy (non-hydrogen) atoms. The molecule has 0 spiro atoms. The first-order valence-corrected chi connectivity index (χ1v) is 10.5. The van der Waals surface area contributed by atoms with Gasteiger partial charge in [-0.15, -0.1) is 0 Å². The predicted octanol–water partition coefficient (Wildman–Crippen LogP) is 5.33. The molecule has 0 saturated heterocycles. The van der Waals surface area contributed by atoms with E-state index < -0.39 is 5.91 Å². The number of anilines is 1. The number of benzene rings is 3. The zero-order chi connectivity index (χ0) is 22.2. The fourth-order valence-electron chi connectivity index (χ4n) is 4.39. The van der Waals surface area contributed by atoms with Gasteiger partial charge in [-0.1, -0.05) is 36.4 Å². The van der Waals surface area contributed by atoms with Gasteiger partial charge in [-0.3, -0.25) is 4.79 Å². The number of carbonyl (C=O) groups excluding carboxylic acids is 1. The number of hydrogen-bond acceptors (Lipinski definition) is 4. The van der Waals surface area contributed by atoms with E-state index in [0.29, 0.717) is 0 Å². The Morgan fingerprint density at radius 3 is 2.55 bits per heavy atom. The number of allylic oxidation sites excluding steroid dienone is 1. The van der Waals surface area contributed by atoms with Crippen LogP contribution >= 0.6 is 0 Å². The second-order valence-electron chi connectivity index (χ2n) is 8.42. The highest BCUT2D eigenvalue weighted by Gasteiger charge is 2.29. The van der Waals surface area contributed by atoms with Crippen molar-refractivity contribution in [3.63, 3.8) is 0 Å². The molecule has 1 amide bonds. The lowest BCUT2D eigenvalue weighted by Gasteiger charge is -2.42. The smallest absolute Gasteiger partial charge is 0.275 e. The van der Waals surface area contributed by atoms with Gasteiger partial charge < -0.3 is 10.0 Å². The topological polar surface area (TPSA) is 64.9 Å². The minimum atomic E-state index is -0.451. The third-order valence-corrected chi connectivity index (χ3v) is 5.81. The summed E-state index contributed by atoms with van der Waals surface area (Å²) in [7, 11) is 0. The lowest BCUT2D eigenvalue weighted by molar-refractivity contribution is 0.0952. The minimum Gasteiger partial charge on any atom is -0.507 e. The molecule has 2 N–H and O–H groups in total. The van der Waals surface area contributed by atoms with Gasteiger partial charge in [0.15, 0.2) is 0 Å². The van der Waals surface area contributed by atoms with Crippen molar-refractivity contribution in [2.75, 3.05) is 11.4 Å². The molecule has 3 aromatic rings. The maximum atomic E-state index is 12.5. The number of phenols is 1. The van der Waals surface area contributed by atoms with Crippen molar-refractivity contribution in [1.82, 2.24) is 5.43 Å². The van der Waals surface area contributed by atoms with Crippen molar-refractivity contribution in [3.8, 4) is 5.75 Å². The second-order valence-corrected chi connectivity index (χ2v) is 8.42. The molecule has 1 aliphatic rings. The van der Waals surface area contributed by atoms with E-state index in [-0.39, 0.29) is 16.9 Å². The molecule has 0 bridgehead atoms. The van der Waals surface area contributed by atoms with E-state index in [1.54, 1.807) is 18.3 Å². The van der Waals surface area contributed by atoms with Gasteiger partial charge in [0, 0.05) is 17.8 Å². The molecular formula is C26H27N3O2. The lowest BCUT2D eigenvalue weighted by Crippen LogP contribution is -2.44. The Balaban J connectivity index is 1.54. The van der Waals surface area contributed by atoms with E-state index in [1.807, 2.05) is 30.3 Å². The molecule has 5 heteroatoms. The van der Waals surface area contributed by atoms with Crippen LogP contribution in [0.15, 0.2) is 65.8 Å². The molecule has 0 saturated carbocycles. The van der Waals surface area contributed by atoms with Gasteiger partial charge >= 0.3 is 0 Å². The number of aromatic hydroxyl groups is 1. The molecule has 3 aromatic carbocycles. The van der Waals surface area contributed by atoms with Crippen molar-refractivity contribution in [2.45, 2.75) is 33.2 Å². The van der Waals surface area contributed by atoms with E-state index in [1.165, 1.54) is 16.8 Å². The van der Waals surface area contributed by atoms with Crippen LogP contribution in [-0.2, 0) is 0 Å². The molecule has 4 rings (SSSR count). The Morgan fingerprint density at radius 1 is 1.13 bits per heavy atom. The van der Waals surface area contributed by atoms with Gasteiger partial charge in [0.2, 0.25) is 0 Å². The second kappa shape index (κ2) is 7.91.